The number of fused-ring (bicyclic) bond motifs is 6. The number of aromatic hydroxyl groups is 3. The van der Waals surface area contributed by atoms with Gasteiger partial charge in [0.2, 0.25) is 5.91 Å². The number of hydrogen-bond acceptors (Lipinski definition) is 9. The fraction of sp³-hybridized carbons (Fsp3) is 0.548. The van der Waals surface area contributed by atoms with Crippen LogP contribution in [0, 0.1) is 23.2 Å². The lowest BCUT2D eigenvalue weighted by Crippen LogP contribution is -2.47. The summed E-state index contributed by atoms with van der Waals surface area (Å²) in [5.74, 6) is 4.34. The number of amides is 1. The molecule has 0 spiro atoms. The highest BCUT2D eigenvalue weighted by Crippen LogP contribution is 2.63. The Kier molecular flexibility index (Phi) is 18.8. The lowest BCUT2D eigenvalue weighted by Gasteiger charge is -2.53. The maximum atomic E-state index is 13.6. The Labute approximate surface area is 433 Å². The third-order valence-electron chi connectivity index (χ3n) is 17.1. The van der Waals surface area contributed by atoms with Crippen LogP contribution in [-0.4, -0.2) is 87.9 Å². The zero-order valence-corrected chi connectivity index (χ0v) is 44.3. The molecule has 10 heteroatoms. The van der Waals surface area contributed by atoms with E-state index in [0.29, 0.717) is 59.5 Å². The zero-order valence-electron chi connectivity index (χ0n) is 43.5. The molecule has 5 aromatic rings. The summed E-state index contributed by atoms with van der Waals surface area (Å²) in [5, 5.41) is 41.5. The first-order valence-electron chi connectivity index (χ1n) is 27.7. The third kappa shape index (κ3) is 13.1. The number of carbonyl (C=O) groups excluding carboxylic acids is 2. The van der Waals surface area contributed by atoms with Crippen LogP contribution in [0.2, 0.25) is 0 Å². The van der Waals surface area contributed by atoms with Crippen molar-refractivity contribution in [1.82, 2.24) is 9.80 Å². The van der Waals surface area contributed by atoms with Crippen LogP contribution in [-0.2, 0) is 11.2 Å². The van der Waals surface area contributed by atoms with Crippen LogP contribution in [0.3, 0.4) is 0 Å². The van der Waals surface area contributed by atoms with Crippen LogP contribution in [0.25, 0.3) is 20.5 Å². The van der Waals surface area contributed by atoms with Crippen LogP contribution < -0.4 is 4.74 Å². The molecular weight excluding hydrogens is 917 g/mol. The number of ketones is 1. The Bertz CT molecular complexity index is 2530. The first-order chi connectivity index (χ1) is 34.9. The fourth-order valence-electron chi connectivity index (χ4n) is 12.9. The summed E-state index contributed by atoms with van der Waals surface area (Å²) < 4.78 is 6.76. The largest absolute Gasteiger partial charge is 0.508 e. The maximum Gasteiger partial charge on any atom is 0.222 e. The monoisotopic (exact) mass is 999 g/mol. The fourth-order valence-corrected chi connectivity index (χ4v) is 14.2. The van der Waals surface area contributed by atoms with Gasteiger partial charge in [0.25, 0.3) is 0 Å². The van der Waals surface area contributed by atoms with Crippen molar-refractivity contribution in [2.45, 2.75) is 154 Å². The molecule has 3 aliphatic carbocycles. The Balaban J connectivity index is 0.000000194. The van der Waals surface area contributed by atoms with Crippen LogP contribution >= 0.6 is 11.3 Å². The van der Waals surface area contributed by atoms with E-state index in [1.165, 1.54) is 106 Å². The van der Waals surface area contributed by atoms with Gasteiger partial charge in [0, 0.05) is 52.6 Å². The number of hydrogen-bond donors (Lipinski definition) is 4. The van der Waals surface area contributed by atoms with Gasteiger partial charge in [-0.15, -0.1) is 11.3 Å². The number of benzene rings is 4. The van der Waals surface area contributed by atoms with E-state index in [1.807, 2.05) is 48.3 Å². The van der Waals surface area contributed by atoms with Gasteiger partial charge in [0.15, 0.2) is 5.78 Å². The third-order valence-corrected chi connectivity index (χ3v) is 18.3. The molecule has 4 aromatic carbocycles. The normalized spacial score (nSPS) is 22.6. The molecule has 6 atom stereocenters. The van der Waals surface area contributed by atoms with E-state index in [0.717, 1.165) is 91.0 Å². The van der Waals surface area contributed by atoms with E-state index < -0.39 is 0 Å². The van der Waals surface area contributed by atoms with Crippen LogP contribution in [0.1, 0.15) is 169 Å². The number of piperidine rings is 1. The number of likely N-dealkylation sites (tertiary alicyclic amines) is 1. The number of ether oxygens (including phenoxy) is 1. The highest BCUT2D eigenvalue weighted by Gasteiger charge is 2.56. The van der Waals surface area contributed by atoms with Gasteiger partial charge in [-0.3, -0.25) is 14.5 Å². The molecule has 0 radical (unpaired) electrons. The zero-order chi connectivity index (χ0) is 50.6. The minimum absolute atomic E-state index is 0.0834. The molecule has 9 nitrogen and oxygen atoms in total. The summed E-state index contributed by atoms with van der Waals surface area (Å²) in [6, 6.07) is 25.3. The molecule has 72 heavy (non-hydrogen) atoms. The molecule has 0 bridgehead atoms. The Morgan fingerprint density at radius 2 is 1.46 bits per heavy atom. The van der Waals surface area contributed by atoms with Crippen molar-refractivity contribution in [3.63, 3.8) is 0 Å². The summed E-state index contributed by atoms with van der Waals surface area (Å²) in [6.07, 6.45) is 23.5. The van der Waals surface area contributed by atoms with Crippen LogP contribution in [0.4, 0.5) is 0 Å². The van der Waals surface area contributed by atoms with E-state index >= 15 is 0 Å². The summed E-state index contributed by atoms with van der Waals surface area (Å²) in [4.78, 5) is 31.0. The van der Waals surface area contributed by atoms with Crippen molar-refractivity contribution in [3.8, 4) is 33.4 Å². The van der Waals surface area contributed by atoms with Gasteiger partial charge >= 0.3 is 0 Å². The molecule has 388 valence electrons. The minimum Gasteiger partial charge on any atom is -0.508 e. The molecule has 4 aliphatic rings. The molecule has 1 saturated heterocycles. The van der Waals surface area contributed by atoms with E-state index in [9.17, 15) is 30.0 Å². The molecule has 1 amide bonds. The van der Waals surface area contributed by atoms with Crippen molar-refractivity contribution < 1.29 is 34.8 Å². The van der Waals surface area contributed by atoms with Gasteiger partial charge in [-0.2, -0.15) is 0 Å². The smallest absolute Gasteiger partial charge is 0.222 e. The number of thiophene rings is 1. The predicted octanol–water partition coefficient (Wildman–Crippen LogP) is 14.1. The van der Waals surface area contributed by atoms with Gasteiger partial charge in [-0.1, -0.05) is 77.7 Å². The van der Waals surface area contributed by atoms with Gasteiger partial charge in [-0.25, -0.2) is 0 Å². The molecule has 9 rings (SSSR count). The topological polar surface area (TPSA) is 131 Å². The molecule has 4 N–H and O–H groups in total. The molecule has 3 fully saturated rings. The van der Waals surface area contributed by atoms with Crippen molar-refractivity contribution in [2.75, 3.05) is 39.8 Å². The molecule has 1 aliphatic heterocycles. The minimum atomic E-state index is -0.129. The molecule has 2 saturated carbocycles. The second-order valence-corrected chi connectivity index (χ2v) is 23.0. The quantitative estimate of drug-likeness (QED) is 0.0422. The Morgan fingerprint density at radius 3 is 2.19 bits per heavy atom. The number of nitrogens with zero attached hydrogens (tertiary/aromatic N) is 2. The van der Waals surface area contributed by atoms with E-state index in [-0.39, 0.29) is 28.8 Å². The number of rotatable bonds is 21. The summed E-state index contributed by atoms with van der Waals surface area (Å²) in [5.41, 5.74) is 5.00. The summed E-state index contributed by atoms with van der Waals surface area (Å²) in [7, 11) is 1.94. The number of unbranched alkanes of at least 4 members (excludes halogenated alkanes) is 8. The van der Waals surface area contributed by atoms with Gasteiger partial charge in [0.1, 0.15) is 29.6 Å². The van der Waals surface area contributed by atoms with Crippen molar-refractivity contribution >= 4 is 33.1 Å². The Morgan fingerprint density at radius 1 is 0.778 bits per heavy atom. The average molecular weight is 999 g/mol. The van der Waals surface area contributed by atoms with Crippen molar-refractivity contribution in [2.24, 2.45) is 23.2 Å². The molecule has 0 unspecified atom stereocenters. The van der Waals surface area contributed by atoms with Gasteiger partial charge < -0.3 is 30.1 Å². The highest BCUT2D eigenvalue weighted by atomic mass is 32.1. The first kappa shape index (κ1) is 53.4. The highest BCUT2D eigenvalue weighted by molar-refractivity contribution is 7.22. The Hall–Kier alpha value is -4.90. The van der Waals surface area contributed by atoms with Gasteiger partial charge in [-0.05, 0) is 202 Å². The van der Waals surface area contributed by atoms with E-state index in [4.69, 9.17) is 4.74 Å². The lowest BCUT2D eigenvalue weighted by atomic mass is 9.52. The first-order valence-corrected chi connectivity index (χ1v) is 28.5. The van der Waals surface area contributed by atoms with E-state index in [1.54, 1.807) is 42.5 Å². The maximum absolute atomic E-state index is 13.6. The van der Waals surface area contributed by atoms with E-state index in [2.05, 4.69) is 24.8 Å². The predicted molar refractivity (Wildman–Crippen MR) is 293 cm³/mol. The number of aliphatic hydroxyl groups excluding tert-OH is 1. The SMILES string of the molecule is CCCCN(C)C(=O)CCCCCCCCCC[C@@H]1Cc2cc(O)ccc2[C@H]2CC[C@]3(C)[C@@H](O)CC[C@H]3[C@H]12.O=C(c1ccc(OCCN2CCCCC2)cc1)c1c(-c2ccc(O)cc2)sc2cc(O)ccc12. The number of aliphatic hydroxyl groups is 1. The van der Waals surface area contributed by atoms with Crippen LogP contribution in [0.15, 0.2) is 84.9 Å². The van der Waals surface area contributed by atoms with Gasteiger partial charge in [0.05, 0.1) is 6.10 Å². The standard InChI is InChI=1S/C34H55NO3.C28H27NO4S/c1-4-5-22-35(3)32(38)15-13-11-9-7-6-8-10-12-14-25-23-26-24-27(36)16-17-28(26)29-20-21-34(2)30(33(25)29)18-19-31(34)37;30-21-8-4-20(5-9-21)28-26(24-13-10-22(31)18-25(24)34-28)27(32)19-6-11-23(12-7-19)33-17-16-29-14-2-1-3-15-29/h16-17,24-25,29-31,33,36-37H,4-15,18-23H2,1-3H3;4-13,18,30-31H,1-3,14-17H2/t25-,29-,30+,31+,33-,34+;/m1./s1. The summed E-state index contributed by atoms with van der Waals surface area (Å²) in [6.45, 7) is 9.28. The lowest BCUT2D eigenvalue weighted by molar-refractivity contribution is -0.130. The molecular formula is C62H82N2O7S. The van der Waals surface area contributed by atoms with Crippen molar-refractivity contribution in [3.05, 3.63) is 107 Å². The molecule has 1 aromatic heterocycles. The van der Waals surface area contributed by atoms with Crippen molar-refractivity contribution in [1.29, 1.82) is 0 Å². The second kappa shape index (κ2) is 25.4. The second-order valence-electron chi connectivity index (χ2n) is 21.9. The number of phenols is 3. The van der Waals surface area contributed by atoms with Crippen LogP contribution in [0.5, 0.6) is 23.0 Å². The summed E-state index contributed by atoms with van der Waals surface area (Å²) >= 11 is 1.46. The number of phenolic OH excluding ortho intramolecular Hbond substituents is 3. The average Bonchev–Trinajstić information content (AvgIpc) is 3.92. The molecule has 2 heterocycles. The number of carbonyl (C=O) groups is 2.